The van der Waals surface area contributed by atoms with Gasteiger partial charge in [-0.05, 0) is 59.0 Å². The van der Waals surface area contributed by atoms with E-state index < -0.39 is 21.2 Å². The average molecular weight is 553 g/mol. The van der Waals surface area contributed by atoms with Crippen molar-refractivity contribution in [3.8, 4) is 17.2 Å². The van der Waals surface area contributed by atoms with Crippen LogP contribution in [-0.2, 0) is 10.0 Å². The summed E-state index contributed by atoms with van der Waals surface area (Å²) in [5, 5.41) is 10.8. The van der Waals surface area contributed by atoms with Gasteiger partial charge in [-0.1, -0.05) is 6.07 Å². The van der Waals surface area contributed by atoms with E-state index in [0.29, 0.717) is 0 Å². The zero-order valence-electron chi connectivity index (χ0n) is 16.3. The van der Waals surface area contributed by atoms with Crippen molar-refractivity contribution in [1.82, 2.24) is 0 Å². The number of phenolic OH excluding ortho intramolecular Hbond substituents is 1. The number of aromatic hydroxyl groups is 1. The van der Waals surface area contributed by atoms with Gasteiger partial charge in [0.25, 0.3) is 10.0 Å². The monoisotopic (exact) mass is 553 g/mol. The van der Waals surface area contributed by atoms with Crippen LogP contribution in [0.5, 0.6) is 17.2 Å². The Labute approximate surface area is 190 Å². The van der Waals surface area contributed by atoms with E-state index in [0.717, 1.165) is 3.57 Å². The van der Waals surface area contributed by atoms with Crippen LogP contribution in [0.4, 0.5) is 5.69 Å². The highest BCUT2D eigenvalue weighted by Gasteiger charge is 2.24. The molecule has 0 aliphatic heterocycles. The molecular formula is C21H16INO7S. The molecule has 160 valence electrons. The summed E-state index contributed by atoms with van der Waals surface area (Å²) < 4.78 is 45.2. The number of benzene rings is 3. The lowest BCUT2D eigenvalue weighted by Gasteiger charge is -2.15. The van der Waals surface area contributed by atoms with E-state index in [-0.39, 0.29) is 44.0 Å². The molecule has 0 aliphatic rings. The zero-order valence-corrected chi connectivity index (χ0v) is 19.3. The summed E-state index contributed by atoms with van der Waals surface area (Å²) in [4.78, 5) is 13.1. The second-order valence-corrected chi connectivity index (χ2v) is 9.43. The minimum atomic E-state index is -4.00. The Hall–Kier alpha value is -2.99. The van der Waals surface area contributed by atoms with Crippen LogP contribution in [0, 0.1) is 3.57 Å². The van der Waals surface area contributed by atoms with Gasteiger partial charge in [0.05, 0.1) is 24.8 Å². The van der Waals surface area contributed by atoms with E-state index in [9.17, 15) is 18.3 Å². The summed E-state index contributed by atoms with van der Waals surface area (Å²) in [5.41, 5.74) is -0.384. The van der Waals surface area contributed by atoms with E-state index in [4.69, 9.17) is 13.9 Å². The molecule has 0 bridgehead atoms. The van der Waals surface area contributed by atoms with Gasteiger partial charge in [0, 0.05) is 9.64 Å². The van der Waals surface area contributed by atoms with Crippen molar-refractivity contribution >= 4 is 60.2 Å². The van der Waals surface area contributed by atoms with Crippen LogP contribution in [0.25, 0.3) is 21.9 Å². The molecule has 0 fully saturated rings. The van der Waals surface area contributed by atoms with E-state index in [2.05, 4.69) is 27.3 Å². The van der Waals surface area contributed by atoms with Crippen LogP contribution in [0.3, 0.4) is 0 Å². The van der Waals surface area contributed by atoms with Crippen molar-refractivity contribution in [3.63, 3.8) is 0 Å². The van der Waals surface area contributed by atoms with Crippen LogP contribution in [0.15, 0.2) is 62.6 Å². The zero-order chi connectivity index (χ0) is 22.3. The fourth-order valence-corrected chi connectivity index (χ4v) is 4.67. The van der Waals surface area contributed by atoms with Gasteiger partial charge >= 0.3 is 0 Å². The fraction of sp³-hybridized carbons (Fsp3) is 0.0952. The first-order chi connectivity index (χ1) is 14.8. The van der Waals surface area contributed by atoms with Gasteiger partial charge in [0.2, 0.25) is 5.43 Å². The van der Waals surface area contributed by atoms with Gasteiger partial charge in [-0.15, -0.1) is 0 Å². The number of rotatable bonds is 5. The number of ether oxygens (including phenoxy) is 2. The van der Waals surface area contributed by atoms with Gasteiger partial charge in [-0.2, -0.15) is 0 Å². The number of methoxy groups -OCH3 is 2. The molecule has 8 nitrogen and oxygen atoms in total. The lowest BCUT2D eigenvalue weighted by molar-refractivity contribution is 0.378. The Bertz CT molecular complexity index is 1480. The standard InChI is InChI=1S/C21H16INO7S/c1-28-14-4-3-5-15-17(14)19(24)18-16(30-15)10-13(21(29-2)20(18)25)23-31(26,27)12-8-6-11(22)7-9-12/h3-10,23,25H,1-2H3. The van der Waals surface area contributed by atoms with Gasteiger partial charge in [0.1, 0.15) is 27.7 Å². The summed E-state index contributed by atoms with van der Waals surface area (Å²) in [6.45, 7) is 0. The number of nitrogens with one attached hydrogen (secondary N) is 1. The Morgan fingerprint density at radius 2 is 1.71 bits per heavy atom. The summed E-state index contributed by atoms with van der Waals surface area (Å²) in [6, 6.07) is 12.4. The van der Waals surface area contributed by atoms with Crippen LogP contribution < -0.4 is 19.6 Å². The summed E-state index contributed by atoms with van der Waals surface area (Å²) in [6.07, 6.45) is 0. The molecule has 31 heavy (non-hydrogen) atoms. The quantitative estimate of drug-likeness (QED) is 0.283. The molecule has 0 saturated heterocycles. The topological polar surface area (TPSA) is 115 Å². The van der Waals surface area contributed by atoms with E-state index >= 15 is 0 Å². The molecule has 0 spiro atoms. The lowest BCUT2D eigenvalue weighted by Crippen LogP contribution is -2.14. The molecular weight excluding hydrogens is 537 g/mol. The first kappa shape index (κ1) is 21.2. The third-order valence-electron chi connectivity index (χ3n) is 4.67. The Morgan fingerprint density at radius 3 is 2.35 bits per heavy atom. The highest BCUT2D eigenvalue weighted by molar-refractivity contribution is 14.1. The van der Waals surface area contributed by atoms with E-state index in [1.165, 1.54) is 32.4 Å². The predicted molar refractivity (Wildman–Crippen MR) is 125 cm³/mol. The minimum absolute atomic E-state index is 0.00985. The smallest absolute Gasteiger partial charge is 0.262 e. The molecule has 4 aromatic rings. The van der Waals surface area contributed by atoms with Crippen LogP contribution in [0.1, 0.15) is 0 Å². The molecule has 0 unspecified atom stereocenters. The van der Waals surface area contributed by atoms with Crippen LogP contribution >= 0.6 is 22.6 Å². The van der Waals surface area contributed by atoms with Crippen LogP contribution in [-0.4, -0.2) is 27.7 Å². The van der Waals surface area contributed by atoms with Gasteiger partial charge < -0.3 is 19.0 Å². The maximum Gasteiger partial charge on any atom is 0.262 e. The number of hydrogen-bond donors (Lipinski definition) is 2. The number of anilines is 1. The van der Waals surface area contributed by atoms with Crippen molar-refractivity contribution in [1.29, 1.82) is 0 Å². The predicted octanol–water partition coefficient (Wildman–Crippen LogP) is 4.07. The number of fused-ring (bicyclic) bond motifs is 2. The van der Waals surface area contributed by atoms with Crippen LogP contribution in [0.2, 0.25) is 0 Å². The number of halogens is 1. The van der Waals surface area contributed by atoms with Crippen molar-refractivity contribution in [2.75, 3.05) is 18.9 Å². The van der Waals surface area contributed by atoms with E-state index in [1.54, 1.807) is 30.3 Å². The highest BCUT2D eigenvalue weighted by atomic mass is 127. The Kier molecular flexibility index (Phi) is 5.43. The molecule has 10 heteroatoms. The molecule has 0 saturated carbocycles. The summed E-state index contributed by atoms with van der Waals surface area (Å²) in [5.74, 6) is -0.458. The number of sulfonamides is 1. The number of phenols is 1. The summed E-state index contributed by atoms with van der Waals surface area (Å²) in [7, 11) is -1.32. The molecule has 0 radical (unpaired) electrons. The van der Waals surface area contributed by atoms with E-state index in [1.807, 2.05) is 0 Å². The minimum Gasteiger partial charge on any atom is -0.504 e. The molecule has 1 aromatic heterocycles. The molecule has 0 amide bonds. The fourth-order valence-electron chi connectivity index (χ4n) is 3.26. The Morgan fingerprint density at radius 1 is 1.00 bits per heavy atom. The van der Waals surface area contributed by atoms with Crippen molar-refractivity contribution < 1.29 is 27.4 Å². The molecule has 3 aromatic carbocycles. The van der Waals surface area contributed by atoms with Gasteiger partial charge in [-0.3, -0.25) is 9.52 Å². The molecule has 0 aliphatic carbocycles. The highest BCUT2D eigenvalue weighted by Crippen LogP contribution is 2.42. The third kappa shape index (κ3) is 3.65. The molecule has 2 N–H and O–H groups in total. The van der Waals surface area contributed by atoms with Gasteiger partial charge in [-0.25, -0.2) is 8.42 Å². The number of hydrogen-bond acceptors (Lipinski definition) is 7. The second kappa shape index (κ2) is 7.93. The molecule has 0 atom stereocenters. The first-order valence-corrected chi connectivity index (χ1v) is 11.4. The molecule has 1 heterocycles. The maximum absolute atomic E-state index is 13.1. The maximum atomic E-state index is 13.1. The van der Waals surface area contributed by atoms with Crippen molar-refractivity contribution in [3.05, 3.63) is 62.3 Å². The Balaban J connectivity index is 1.96. The van der Waals surface area contributed by atoms with Gasteiger partial charge in [0.15, 0.2) is 11.5 Å². The molecule has 4 rings (SSSR count). The second-order valence-electron chi connectivity index (χ2n) is 6.50. The lowest BCUT2D eigenvalue weighted by atomic mass is 10.1. The van der Waals surface area contributed by atoms with Crippen molar-refractivity contribution in [2.45, 2.75) is 4.90 Å². The summed E-state index contributed by atoms with van der Waals surface area (Å²) >= 11 is 2.07. The largest absolute Gasteiger partial charge is 0.504 e. The van der Waals surface area contributed by atoms with Crippen molar-refractivity contribution in [2.24, 2.45) is 0 Å². The average Bonchev–Trinajstić information content (AvgIpc) is 2.73. The third-order valence-corrected chi connectivity index (χ3v) is 6.77. The first-order valence-electron chi connectivity index (χ1n) is 8.88. The normalized spacial score (nSPS) is 11.6. The SMILES string of the molecule is COc1c(NS(=O)(=O)c2ccc(I)cc2)cc2oc3cccc(OC)c3c(=O)c2c1O.